The van der Waals surface area contributed by atoms with Crippen LogP contribution in [-0.4, -0.2) is 16.1 Å². The highest BCUT2D eigenvalue weighted by Gasteiger charge is 2.13. The van der Waals surface area contributed by atoms with E-state index in [-0.39, 0.29) is 11.6 Å². The maximum Gasteiger partial charge on any atom is 0.261 e. The van der Waals surface area contributed by atoms with E-state index >= 15 is 0 Å². The molecule has 0 radical (unpaired) electrons. The number of hydrogen-bond acceptors (Lipinski definition) is 3. The van der Waals surface area contributed by atoms with Crippen LogP contribution in [0.4, 0.5) is 0 Å². The van der Waals surface area contributed by atoms with Crippen LogP contribution in [0.2, 0.25) is 0 Å². The van der Waals surface area contributed by atoms with E-state index in [1.165, 1.54) is 0 Å². The normalized spacial score (nSPS) is 12.8. The van der Waals surface area contributed by atoms with E-state index in [9.17, 15) is 4.79 Å². The van der Waals surface area contributed by atoms with Crippen molar-refractivity contribution in [3.8, 4) is 0 Å². The zero-order chi connectivity index (χ0) is 13.1. The lowest BCUT2D eigenvalue weighted by atomic mass is 10.2. The molecule has 0 aliphatic carbocycles. The minimum absolute atomic E-state index is 0.0146. The summed E-state index contributed by atoms with van der Waals surface area (Å²) in [7, 11) is 1.78. The van der Waals surface area contributed by atoms with Crippen molar-refractivity contribution in [2.24, 2.45) is 7.05 Å². The van der Waals surface area contributed by atoms with Gasteiger partial charge in [0.05, 0.1) is 16.9 Å². The second kappa shape index (κ2) is 5.31. The van der Waals surface area contributed by atoms with Gasteiger partial charge in [0.1, 0.15) is 5.82 Å². The predicted molar refractivity (Wildman–Crippen MR) is 73.7 cm³/mol. The van der Waals surface area contributed by atoms with Crippen molar-refractivity contribution in [3.63, 3.8) is 0 Å². The van der Waals surface area contributed by atoms with Crippen molar-refractivity contribution in [3.05, 3.63) is 40.4 Å². The van der Waals surface area contributed by atoms with E-state index in [4.69, 9.17) is 0 Å². The maximum absolute atomic E-state index is 12.2. The van der Waals surface area contributed by atoms with Gasteiger partial charge in [-0.15, -0.1) is 0 Å². The zero-order valence-corrected chi connectivity index (χ0v) is 11.1. The molecule has 0 aliphatic rings. The van der Waals surface area contributed by atoms with Gasteiger partial charge >= 0.3 is 0 Å². The zero-order valence-electron chi connectivity index (χ0n) is 11.1. The first-order valence-electron chi connectivity index (χ1n) is 6.34. The Kier molecular flexibility index (Phi) is 3.77. The summed E-state index contributed by atoms with van der Waals surface area (Å²) in [6.07, 6.45) is 1.06. The molecule has 1 atom stereocenters. The Morgan fingerprint density at radius 1 is 1.39 bits per heavy atom. The number of aromatic nitrogens is 2. The fourth-order valence-electron chi connectivity index (χ4n) is 2.07. The molecule has 1 N–H and O–H groups in total. The van der Waals surface area contributed by atoms with Crippen LogP contribution >= 0.6 is 0 Å². The molecule has 2 aromatic rings. The molecule has 0 fully saturated rings. The van der Waals surface area contributed by atoms with Gasteiger partial charge in [0.25, 0.3) is 5.56 Å². The molecule has 1 unspecified atom stereocenters. The van der Waals surface area contributed by atoms with Gasteiger partial charge in [-0.3, -0.25) is 9.36 Å². The van der Waals surface area contributed by atoms with Crippen molar-refractivity contribution in [2.75, 3.05) is 6.54 Å². The number of nitrogens with one attached hydrogen (secondary N) is 1. The molecular weight excluding hydrogens is 226 g/mol. The third kappa shape index (κ3) is 2.29. The van der Waals surface area contributed by atoms with Crippen LogP contribution in [0.3, 0.4) is 0 Å². The molecular formula is C14H19N3O. The van der Waals surface area contributed by atoms with Crippen LogP contribution in [0.5, 0.6) is 0 Å². The predicted octanol–water partition coefficient (Wildman–Crippen LogP) is 1.99. The topological polar surface area (TPSA) is 46.9 Å². The number of benzene rings is 1. The first-order chi connectivity index (χ1) is 8.65. The third-order valence-electron chi connectivity index (χ3n) is 3.11. The largest absolute Gasteiger partial charge is 0.308 e. The van der Waals surface area contributed by atoms with E-state index in [1.54, 1.807) is 11.6 Å². The van der Waals surface area contributed by atoms with E-state index in [2.05, 4.69) is 17.2 Å². The summed E-state index contributed by atoms with van der Waals surface area (Å²) in [4.78, 5) is 16.8. The standard InChI is InChI=1S/C14H19N3O/c1-4-9-15-10(2)13-16-12-8-6-5-7-11(12)14(18)17(13)3/h5-8,10,15H,4,9H2,1-3H3. The van der Waals surface area contributed by atoms with Crippen LogP contribution in [0.25, 0.3) is 10.9 Å². The molecule has 0 amide bonds. The first-order valence-corrected chi connectivity index (χ1v) is 6.34. The van der Waals surface area contributed by atoms with Gasteiger partial charge in [-0.2, -0.15) is 0 Å². The highest BCUT2D eigenvalue weighted by Crippen LogP contribution is 2.12. The first kappa shape index (κ1) is 12.8. The van der Waals surface area contributed by atoms with Crippen molar-refractivity contribution >= 4 is 10.9 Å². The average Bonchev–Trinajstić information content (AvgIpc) is 2.40. The van der Waals surface area contributed by atoms with Gasteiger partial charge in [-0.1, -0.05) is 19.1 Å². The summed E-state index contributed by atoms with van der Waals surface area (Å²) in [6, 6.07) is 7.55. The average molecular weight is 245 g/mol. The Morgan fingerprint density at radius 2 is 2.11 bits per heavy atom. The minimum Gasteiger partial charge on any atom is -0.308 e. The van der Waals surface area contributed by atoms with E-state index in [0.29, 0.717) is 5.39 Å². The highest BCUT2D eigenvalue weighted by molar-refractivity contribution is 5.77. The summed E-state index contributed by atoms with van der Waals surface area (Å²) in [5.74, 6) is 0.784. The third-order valence-corrected chi connectivity index (χ3v) is 3.11. The SMILES string of the molecule is CCCNC(C)c1nc2ccccc2c(=O)n1C. The molecule has 96 valence electrons. The van der Waals surface area contributed by atoms with Gasteiger partial charge in [-0.05, 0) is 32.0 Å². The number of hydrogen-bond donors (Lipinski definition) is 1. The summed E-state index contributed by atoms with van der Waals surface area (Å²) in [5.41, 5.74) is 0.779. The smallest absolute Gasteiger partial charge is 0.261 e. The Labute approximate surface area is 107 Å². The molecule has 0 aliphatic heterocycles. The molecule has 4 nitrogen and oxygen atoms in total. The second-order valence-corrected chi connectivity index (χ2v) is 4.53. The Morgan fingerprint density at radius 3 is 2.83 bits per heavy atom. The number of fused-ring (bicyclic) bond motifs is 1. The Balaban J connectivity index is 2.51. The van der Waals surface area contributed by atoms with Crippen LogP contribution in [0.15, 0.2) is 29.1 Å². The minimum atomic E-state index is 0.0146. The van der Waals surface area contributed by atoms with Crippen LogP contribution in [0, 0.1) is 0 Å². The Bertz CT molecular complexity index is 604. The van der Waals surface area contributed by atoms with Crippen molar-refractivity contribution in [2.45, 2.75) is 26.3 Å². The fourth-order valence-corrected chi connectivity index (χ4v) is 2.07. The number of para-hydroxylation sites is 1. The molecule has 2 rings (SSSR count). The second-order valence-electron chi connectivity index (χ2n) is 4.53. The molecule has 0 saturated carbocycles. The lowest BCUT2D eigenvalue weighted by molar-refractivity contribution is 0.519. The van der Waals surface area contributed by atoms with E-state index in [1.807, 2.05) is 31.2 Å². The Hall–Kier alpha value is -1.68. The van der Waals surface area contributed by atoms with E-state index in [0.717, 1.165) is 24.3 Å². The van der Waals surface area contributed by atoms with Crippen LogP contribution in [-0.2, 0) is 7.05 Å². The van der Waals surface area contributed by atoms with Crippen molar-refractivity contribution < 1.29 is 0 Å². The van der Waals surface area contributed by atoms with Gasteiger partial charge in [0.15, 0.2) is 0 Å². The van der Waals surface area contributed by atoms with Gasteiger partial charge in [0, 0.05) is 7.05 Å². The van der Waals surface area contributed by atoms with E-state index < -0.39 is 0 Å². The van der Waals surface area contributed by atoms with Crippen molar-refractivity contribution in [1.82, 2.24) is 14.9 Å². The summed E-state index contributed by atoms with van der Waals surface area (Å²) in [6.45, 7) is 5.07. The summed E-state index contributed by atoms with van der Waals surface area (Å²) < 4.78 is 1.63. The van der Waals surface area contributed by atoms with Gasteiger partial charge in [0.2, 0.25) is 0 Å². The molecule has 4 heteroatoms. The maximum atomic E-state index is 12.2. The molecule has 1 aromatic carbocycles. The quantitative estimate of drug-likeness (QED) is 0.896. The molecule has 0 spiro atoms. The van der Waals surface area contributed by atoms with Crippen molar-refractivity contribution in [1.29, 1.82) is 0 Å². The number of rotatable bonds is 4. The highest BCUT2D eigenvalue weighted by atomic mass is 16.1. The lowest BCUT2D eigenvalue weighted by Gasteiger charge is -2.16. The number of nitrogens with zero attached hydrogens (tertiary/aromatic N) is 2. The molecule has 0 bridgehead atoms. The molecule has 1 aromatic heterocycles. The monoisotopic (exact) mass is 245 g/mol. The van der Waals surface area contributed by atoms with Crippen LogP contribution < -0.4 is 10.9 Å². The fraction of sp³-hybridized carbons (Fsp3) is 0.429. The summed E-state index contributed by atoms with van der Waals surface area (Å²) in [5, 5.41) is 4.03. The molecule has 18 heavy (non-hydrogen) atoms. The van der Waals surface area contributed by atoms with Gasteiger partial charge in [-0.25, -0.2) is 4.98 Å². The van der Waals surface area contributed by atoms with Crippen LogP contribution in [0.1, 0.15) is 32.1 Å². The van der Waals surface area contributed by atoms with Gasteiger partial charge < -0.3 is 5.32 Å². The summed E-state index contributed by atoms with van der Waals surface area (Å²) >= 11 is 0. The molecule has 1 heterocycles. The lowest BCUT2D eigenvalue weighted by Crippen LogP contribution is -2.29. The molecule has 0 saturated heterocycles.